The van der Waals surface area contributed by atoms with Crippen LogP contribution in [-0.4, -0.2) is 52.6 Å². The van der Waals surface area contributed by atoms with E-state index in [1.165, 1.54) is 52.1 Å². The molecule has 3 aromatic carbocycles. The molecule has 0 spiro atoms. The quantitative estimate of drug-likeness (QED) is 0.464. The van der Waals surface area contributed by atoms with E-state index in [4.69, 9.17) is 18.9 Å². The molecule has 5 nitrogen and oxygen atoms in total. The van der Waals surface area contributed by atoms with E-state index in [1.807, 2.05) is 0 Å². The third kappa shape index (κ3) is 2.64. The Balaban J connectivity index is 1.91. The summed E-state index contributed by atoms with van der Waals surface area (Å²) in [6.45, 7) is 2.30. The van der Waals surface area contributed by atoms with Gasteiger partial charge in [0, 0.05) is 24.8 Å². The molecular weight excluding hydrogens is 378 g/mol. The van der Waals surface area contributed by atoms with E-state index in [9.17, 15) is 0 Å². The molecule has 5 heteroatoms. The zero-order chi connectivity index (χ0) is 21.0. The first kappa shape index (κ1) is 19.3. The Bertz CT molecular complexity index is 1160. The lowest BCUT2D eigenvalue weighted by Gasteiger charge is -2.41. The summed E-state index contributed by atoms with van der Waals surface area (Å²) in [6, 6.07) is 9.23. The van der Waals surface area contributed by atoms with Gasteiger partial charge in [0.2, 0.25) is 0 Å². The minimum atomic E-state index is 0.686. The maximum Gasteiger partial charge on any atom is 0.161 e. The molecule has 0 radical (unpaired) electrons. The molecule has 2 heterocycles. The summed E-state index contributed by atoms with van der Waals surface area (Å²) < 4.78 is 23.7. The largest absolute Gasteiger partial charge is 0.493 e. The van der Waals surface area contributed by atoms with Gasteiger partial charge in [-0.25, -0.2) is 0 Å². The molecule has 5 rings (SSSR count). The lowest BCUT2D eigenvalue weighted by Crippen LogP contribution is -2.51. The van der Waals surface area contributed by atoms with Crippen LogP contribution in [0.5, 0.6) is 23.0 Å². The molecule has 2 aliphatic heterocycles. The molecule has 1 saturated heterocycles. The average Bonchev–Trinajstić information content (AvgIpc) is 3.16. The van der Waals surface area contributed by atoms with Crippen molar-refractivity contribution in [3.8, 4) is 23.0 Å². The lowest BCUT2D eigenvalue weighted by molar-refractivity contribution is -0.935. The van der Waals surface area contributed by atoms with E-state index in [1.54, 1.807) is 28.4 Å². The fraction of sp³-hybridized carbons (Fsp3) is 0.440. The Morgan fingerprint density at radius 3 is 1.67 bits per heavy atom. The van der Waals surface area contributed by atoms with Crippen molar-refractivity contribution in [1.82, 2.24) is 0 Å². The van der Waals surface area contributed by atoms with Gasteiger partial charge in [0.1, 0.15) is 6.54 Å². The molecule has 1 fully saturated rings. The van der Waals surface area contributed by atoms with Crippen LogP contribution in [0.1, 0.15) is 24.0 Å². The van der Waals surface area contributed by atoms with Gasteiger partial charge >= 0.3 is 0 Å². The van der Waals surface area contributed by atoms with Gasteiger partial charge in [0.25, 0.3) is 0 Å². The summed E-state index contributed by atoms with van der Waals surface area (Å²) in [5.74, 6) is 3.05. The SMILES string of the molecule is COc1cc2c3c(c4cc(OC)c(OC)cc4c2cc1OC)C[N@+]1(C)CCC[C@@H]1C3. The van der Waals surface area contributed by atoms with Gasteiger partial charge in [0.15, 0.2) is 23.0 Å². The second kappa shape index (κ2) is 6.95. The summed E-state index contributed by atoms with van der Waals surface area (Å²) in [7, 11) is 9.21. The van der Waals surface area contributed by atoms with E-state index in [-0.39, 0.29) is 0 Å². The van der Waals surface area contributed by atoms with Crippen molar-refractivity contribution < 1.29 is 23.4 Å². The summed E-state index contributed by atoms with van der Waals surface area (Å²) >= 11 is 0. The number of hydrogen-bond acceptors (Lipinski definition) is 4. The van der Waals surface area contributed by atoms with Crippen LogP contribution in [-0.2, 0) is 13.0 Å². The normalized spacial score (nSPS) is 22.6. The highest BCUT2D eigenvalue weighted by molar-refractivity contribution is 6.12. The molecule has 0 unspecified atom stereocenters. The number of hydrogen-bond donors (Lipinski definition) is 0. The number of likely N-dealkylation sites (N-methyl/N-ethyl adjacent to an activating group) is 1. The minimum absolute atomic E-state index is 0.686. The molecule has 30 heavy (non-hydrogen) atoms. The number of benzene rings is 3. The highest BCUT2D eigenvalue weighted by Crippen LogP contribution is 2.47. The first-order chi connectivity index (χ1) is 14.5. The maximum absolute atomic E-state index is 5.67. The Morgan fingerprint density at radius 2 is 1.17 bits per heavy atom. The molecule has 0 saturated carbocycles. The second-order valence-corrected chi connectivity index (χ2v) is 8.82. The molecule has 158 valence electrons. The summed E-state index contributed by atoms with van der Waals surface area (Å²) in [5.41, 5.74) is 2.89. The third-order valence-corrected chi connectivity index (χ3v) is 7.40. The zero-order valence-corrected chi connectivity index (χ0v) is 18.5. The van der Waals surface area contributed by atoms with E-state index < -0.39 is 0 Å². The van der Waals surface area contributed by atoms with Gasteiger partial charge in [0.05, 0.1) is 48.1 Å². The van der Waals surface area contributed by atoms with Gasteiger partial charge in [-0.3, -0.25) is 0 Å². The number of methoxy groups -OCH3 is 4. The fourth-order valence-electron chi connectivity index (χ4n) is 5.75. The number of rotatable bonds is 4. The zero-order valence-electron chi connectivity index (χ0n) is 18.5. The average molecular weight is 409 g/mol. The van der Waals surface area contributed by atoms with E-state index in [0.29, 0.717) is 6.04 Å². The highest BCUT2D eigenvalue weighted by atomic mass is 16.5. The molecule has 0 aliphatic carbocycles. The van der Waals surface area contributed by atoms with Crippen molar-refractivity contribution in [3.05, 3.63) is 35.4 Å². The number of quaternary nitrogens is 1. The molecule has 0 aromatic heterocycles. The molecule has 2 aliphatic rings. The smallest absolute Gasteiger partial charge is 0.161 e. The van der Waals surface area contributed by atoms with Crippen LogP contribution in [0.15, 0.2) is 24.3 Å². The van der Waals surface area contributed by atoms with Gasteiger partial charge in [-0.05, 0) is 51.4 Å². The molecule has 0 bridgehead atoms. The van der Waals surface area contributed by atoms with Crippen LogP contribution in [0.25, 0.3) is 21.5 Å². The van der Waals surface area contributed by atoms with Crippen LogP contribution in [0.2, 0.25) is 0 Å². The summed E-state index contributed by atoms with van der Waals surface area (Å²) in [5, 5.41) is 4.87. The van der Waals surface area contributed by atoms with E-state index >= 15 is 0 Å². The third-order valence-electron chi connectivity index (χ3n) is 7.40. The second-order valence-electron chi connectivity index (χ2n) is 8.82. The molecule has 2 atom stereocenters. The Hall–Kier alpha value is -2.66. The van der Waals surface area contributed by atoms with Gasteiger partial charge in [-0.15, -0.1) is 0 Å². The van der Waals surface area contributed by atoms with Crippen molar-refractivity contribution in [2.45, 2.75) is 31.8 Å². The van der Waals surface area contributed by atoms with Gasteiger partial charge in [-0.2, -0.15) is 0 Å². The summed E-state index contributed by atoms with van der Waals surface area (Å²) in [4.78, 5) is 0. The Morgan fingerprint density at radius 1 is 0.700 bits per heavy atom. The fourth-order valence-corrected chi connectivity index (χ4v) is 5.75. The first-order valence-electron chi connectivity index (χ1n) is 10.6. The summed E-state index contributed by atoms with van der Waals surface area (Å²) in [6.07, 6.45) is 3.70. The van der Waals surface area contributed by atoms with E-state index in [2.05, 4.69) is 31.3 Å². The van der Waals surface area contributed by atoms with Crippen LogP contribution in [0.3, 0.4) is 0 Å². The van der Waals surface area contributed by atoms with Crippen LogP contribution in [0, 0.1) is 0 Å². The van der Waals surface area contributed by atoms with Crippen molar-refractivity contribution in [2.75, 3.05) is 42.0 Å². The van der Waals surface area contributed by atoms with Crippen molar-refractivity contribution in [2.24, 2.45) is 0 Å². The van der Waals surface area contributed by atoms with Crippen molar-refractivity contribution in [1.29, 1.82) is 0 Å². The predicted octanol–water partition coefficient (Wildman–Crippen LogP) is 4.69. The molecule has 0 N–H and O–H groups in total. The van der Waals surface area contributed by atoms with Gasteiger partial charge in [-0.1, -0.05) is 0 Å². The topological polar surface area (TPSA) is 36.9 Å². The van der Waals surface area contributed by atoms with Crippen LogP contribution >= 0.6 is 0 Å². The number of nitrogens with zero attached hydrogens (tertiary/aromatic N) is 1. The monoisotopic (exact) mass is 408 g/mol. The predicted molar refractivity (Wildman–Crippen MR) is 119 cm³/mol. The van der Waals surface area contributed by atoms with Crippen LogP contribution < -0.4 is 18.9 Å². The van der Waals surface area contributed by atoms with Gasteiger partial charge < -0.3 is 23.4 Å². The first-order valence-corrected chi connectivity index (χ1v) is 10.6. The molecule has 3 aromatic rings. The highest BCUT2D eigenvalue weighted by Gasteiger charge is 2.43. The van der Waals surface area contributed by atoms with Crippen LogP contribution in [0.4, 0.5) is 0 Å². The number of fused-ring (bicyclic) bond motifs is 7. The Kier molecular flexibility index (Phi) is 4.47. The maximum atomic E-state index is 5.67. The van der Waals surface area contributed by atoms with Crippen molar-refractivity contribution >= 4 is 21.5 Å². The number of ether oxygens (including phenoxy) is 4. The Labute approximate surface area is 177 Å². The van der Waals surface area contributed by atoms with E-state index in [0.717, 1.165) is 40.4 Å². The van der Waals surface area contributed by atoms with Crippen molar-refractivity contribution in [3.63, 3.8) is 0 Å². The molecular formula is C25H30NO4+. The minimum Gasteiger partial charge on any atom is -0.493 e. The molecule has 0 amide bonds. The lowest BCUT2D eigenvalue weighted by atomic mass is 9.84. The standard InChI is InChI=1S/C25H30NO4/c1-26-8-6-7-15(26)9-16-17-10-22(27-2)23(28-3)11-18(17)19-12-24(29-4)25(30-5)13-20(19)21(16)14-26/h10-13,15H,6-9,14H2,1-5H3/q+1/t15-,26+/m1/s1.